The quantitative estimate of drug-likeness (QED) is 0.634. The Morgan fingerprint density at radius 3 is 1.95 bits per heavy atom. The number of hydrogen-bond donors (Lipinski definition) is 1. The second-order valence-electron chi connectivity index (χ2n) is 6.81. The molecule has 6 heteroatoms. The Hall–Kier alpha value is -0.360. The van der Waals surface area contributed by atoms with Crippen LogP contribution in [0, 0.1) is 17.8 Å². The van der Waals surface area contributed by atoms with E-state index in [4.69, 9.17) is 0 Å². The third kappa shape index (κ3) is 3.89. The Bertz CT molecular complexity index is 631. The molecule has 0 aromatic heterocycles. The van der Waals surface area contributed by atoms with Gasteiger partial charge in [-0.1, -0.05) is 45.4 Å². The molecule has 1 aromatic rings. The second kappa shape index (κ2) is 6.03. The van der Waals surface area contributed by atoms with Crippen LogP contribution in [-0.4, -0.2) is 14.1 Å². The zero-order valence-corrected chi connectivity index (χ0v) is 16.5. The minimum atomic E-state index is -3.59. The predicted octanol–water partition coefficient (Wildman–Crippen LogP) is 0.0894. The average molecular weight is 317 g/mol. The molecule has 1 aliphatic carbocycles. The summed E-state index contributed by atoms with van der Waals surface area (Å²) < 4.78 is 24.4. The fourth-order valence-corrected chi connectivity index (χ4v) is 4.07. The molecule has 0 saturated heterocycles. The molecule has 0 amide bonds. The van der Waals surface area contributed by atoms with Gasteiger partial charge in [0.2, 0.25) is 0 Å². The molecule has 0 heterocycles. The van der Waals surface area contributed by atoms with Crippen molar-refractivity contribution in [3.8, 4) is 0 Å². The molecule has 1 N–H and O–H groups in total. The topological polar surface area (TPSA) is 58.5 Å². The molecule has 1 saturated carbocycles. The molecular formula is C15H22N2NaO2S+. The van der Waals surface area contributed by atoms with Gasteiger partial charge in [-0.3, -0.25) is 0 Å². The molecule has 110 valence electrons. The largest absolute Gasteiger partial charge is 1.00 e. The third-order valence-corrected chi connectivity index (χ3v) is 5.00. The molecule has 4 nitrogen and oxygen atoms in total. The third-order valence-electron chi connectivity index (χ3n) is 3.77. The van der Waals surface area contributed by atoms with Gasteiger partial charge in [0.1, 0.15) is 0 Å². The molecule has 0 radical (unpaired) electrons. The normalized spacial score (nSPS) is 19.2. The van der Waals surface area contributed by atoms with E-state index in [1.165, 1.54) is 0 Å². The summed E-state index contributed by atoms with van der Waals surface area (Å²) in [7, 11) is -3.59. The number of sulfonamides is 1. The summed E-state index contributed by atoms with van der Waals surface area (Å²) in [5.74, 6) is 0. The first kappa shape index (κ1) is 18.7. The van der Waals surface area contributed by atoms with Gasteiger partial charge in [-0.25, -0.2) is 4.83 Å². The number of hydrogen-bond acceptors (Lipinski definition) is 3. The first-order valence-corrected chi connectivity index (χ1v) is 8.20. The molecule has 0 unspecified atom stereocenters. The van der Waals surface area contributed by atoms with Crippen LogP contribution < -0.4 is 34.4 Å². The van der Waals surface area contributed by atoms with Crippen LogP contribution >= 0.6 is 0 Å². The molecule has 0 spiro atoms. The monoisotopic (exact) mass is 317 g/mol. The van der Waals surface area contributed by atoms with E-state index in [9.17, 15) is 8.42 Å². The molecule has 1 fully saturated rings. The predicted molar refractivity (Wildman–Crippen MR) is 81.1 cm³/mol. The number of hydrazone groups is 1. The van der Waals surface area contributed by atoms with Crippen molar-refractivity contribution in [2.45, 2.75) is 45.9 Å². The van der Waals surface area contributed by atoms with Crippen LogP contribution in [0.4, 0.5) is 0 Å². The van der Waals surface area contributed by atoms with Crippen molar-refractivity contribution in [2.24, 2.45) is 15.9 Å². The Labute approximate surface area is 149 Å². The van der Waals surface area contributed by atoms with Gasteiger partial charge < -0.3 is 0 Å². The molecule has 2 rings (SSSR count). The van der Waals surface area contributed by atoms with Gasteiger partial charge in [0.15, 0.2) is 0 Å². The van der Waals surface area contributed by atoms with Crippen LogP contribution in [0.1, 0.15) is 39.7 Å². The standard InChI is InChI=1S/C15H22N2O2S.Na/c1-11-6-8-12(9-7-11)20(18,19)17-16-13-14(2,3)10-15(13,4)5;/h6-9,17H,10H2,1-5H3;/q;+1. The zero-order valence-electron chi connectivity index (χ0n) is 13.7. The van der Waals surface area contributed by atoms with Gasteiger partial charge in [-0.05, 0) is 25.5 Å². The van der Waals surface area contributed by atoms with Gasteiger partial charge in [-0.2, -0.15) is 13.5 Å². The summed E-state index contributed by atoms with van der Waals surface area (Å²) in [6.07, 6.45) is 1.01. The van der Waals surface area contributed by atoms with Crippen LogP contribution in [-0.2, 0) is 10.0 Å². The summed E-state index contributed by atoms with van der Waals surface area (Å²) >= 11 is 0. The van der Waals surface area contributed by atoms with Crippen molar-refractivity contribution < 1.29 is 38.0 Å². The zero-order chi connectivity index (χ0) is 15.2. The van der Waals surface area contributed by atoms with Gasteiger partial charge in [-0.15, -0.1) is 0 Å². The number of benzene rings is 1. The smallest absolute Gasteiger partial charge is 0.200 e. The fraction of sp³-hybridized carbons (Fsp3) is 0.533. The summed E-state index contributed by atoms with van der Waals surface area (Å²) in [6.45, 7) is 10.2. The Kier molecular flexibility index (Phi) is 5.37. The van der Waals surface area contributed by atoms with E-state index in [1.54, 1.807) is 24.3 Å². The molecule has 0 aliphatic heterocycles. The fourth-order valence-electron chi connectivity index (χ4n) is 3.26. The maximum Gasteiger partial charge on any atom is 1.00 e. The maximum absolute atomic E-state index is 12.2. The first-order valence-electron chi connectivity index (χ1n) is 6.72. The Balaban J connectivity index is 0.00000220. The summed E-state index contributed by atoms with van der Waals surface area (Å²) in [5.41, 5.74) is 1.84. The van der Waals surface area contributed by atoms with Crippen molar-refractivity contribution in [2.75, 3.05) is 0 Å². The number of nitrogens with one attached hydrogen (secondary N) is 1. The van der Waals surface area contributed by atoms with Gasteiger partial charge in [0.05, 0.1) is 10.6 Å². The molecular weight excluding hydrogens is 295 g/mol. The maximum atomic E-state index is 12.2. The van der Waals surface area contributed by atoms with Crippen LogP contribution in [0.2, 0.25) is 0 Å². The van der Waals surface area contributed by atoms with Gasteiger partial charge in [0, 0.05) is 10.8 Å². The van der Waals surface area contributed by atoms with Crippen LogP contribution in [0.5, 0.6) is 0 Å². The second-order valence-corrected chi connectivity index (χ2v) is 8.47. The molecule has 1 aliphatic rings. The van der Waals surface area contributed by atoms with Crippen molar-refractivity contribution in [1.29, 1.82) is 0 Å². The Morgan fingerprint density at radius 1 is 1.05 bits per heavy atom. The van der Waals surface area contributed by atoms with Crippen molar-refractivity contribution in [3.05, 3.63) is 29.8 Å². The first-order chi connectivity index (χ1) is 9.05. The molecule has 1 aromatic carbocycles. The van der Waals surface area contributed by atoms with Crippen LogP contribution in [0.15, 0.2) is 34.3 Å². The van der Waals surface area contributed by atoms with Gasteiger partial charge in [0.25, 0.3) is 10.0 Å². The number of nitrogens with zero attached hydrogens (tertiary/aromatic N) is 1. The van der Waals surface area contributed by atoms with E-state index in [1.807, 2.05) is 6.92 Å². The van der Waals surface area contributed by atoms with Crippen LogP contribution in [0.3, 0.4) is 0 Å². The summed E-state index contributed by atoms with van der Waals surface area (Å²) in [4.78, 5) is 2.61. The molecule has 0 atom stereocenters. The minimum Gasteiger partial charge on any atom is -0.200 e. The van der Waals surface area contributed by atoms with E-state index >= 15 is 0 Å². The number of aryl methyl sites for hydroxylation is 1. The van der Waals surface area contributed by atoms with Crippen LogP contribution in [0.25, 0.3) is 0 Å². The van der Waals surface area contributed by atoms with Gasteiger partial charge >= 0.3 is 29.6 Å². The summed E-state index contributed by atoms with van der Waals surface area (Å²) in [6, 6.07) is 6.74. The summed E-state index contributed by atoms with van der Waals surface area (Å²) in [5, 5.41) is 4.18. The average Bonchev–Trinajstić information content (AvgIpc) is 2.26. The van der Waals surface area contributed by atoms with E-state index < -0.39 is 10.0 Å². The van der Waals surface area contributed by atoms with E-state index in [2.05, 4.69) is 37.6 Å². The van der Waals surface area contributed by atoms with E-state index in [-0.39, 0.29) is 45.3 Å². The van der Waals surface area contributed by atoms with Crippen molar-refractivity contribution in [1.82, 2.24) is 4.83 Å². The minimum absolute atomic E-state index is 0. The number of rotatable bonds is 3. The van der Waals surface area contributed by atoms with E-state index in [0.717, 1.165) is 17.7 Å². The SMILES string of the molecule is Cc1ccc(S(=O)(=O)NN=C2C(C)(C)CC2(C)C)cc1.[Na+]. The van der Waals surface area contributed by atoms with Crippen molar-refractivity contribution in [3.63, 3.8) is 0 Å². The van der Waals surface area contributed by atoms with Crippen molar-refractivity contribution >= 4 is 15.7 Å². The Morgan fingerprint density at radius 2 is 1.52 bits per heavy atom. The molecule has 0 bridgehead atoms. The molecule has 21 heavy (non-hydrogen) atoms. The van der Waals surface area contributed by atoms with E-state index in [0.29, 0.717) is 0 Å².